The quantitative estimate of drug-likeness (QED) is 0.755. The number of benzene rings is 1. The van der Waals surface area contributed by atoms with Crippen molar-refractivity contribution in [1.82, 2.24) is 5.32 Å². The van der Waals surface area contributed by atoms with Gasteiger partial charge in [-0.05, 0) is 12.1 Å². The maximum Gasteiger partial charge on any atom is 0.157 e. The van der Waals surface area contributed by atoms with Crippen molar-refractivity contribution in [3.8, 4) is 0 Å². The zero-order valence-electron chi connectivity index (χ0n) is 9.08. The molecule has 0 fully saturated rings. The van der Waals surface area contributed by atoms with E-state index in [0.717, 1.165) is 23.3 Å². The van der Waals surface area contributed by atoms with Crippen molar-refractivity contribution in [1.29, 1.82) is 0 Å². The zero-order valence-corrected chi connectivity index (χ0v) is 9.08. The van der Waals surface area contributed by atoms with Crippen molar-refractivity contribution in [2.45, 2.75) is 26.4 Å². The third kappa shape index (κ3) is 2.13. The van der Waals surface area contributed by atoms with E-state index in [2.05, 4.69) is 19.2 Å². The molecule has 3 N–H and O–H groups in total. The molecule has 0 spiro atoms. The summed E-state index contributed by atoms with van der Waals surface area (Å²) in [6.45, 7) is 4.96. The third-order valence-corrected chi connectivity index (χ3v) is 2.31. The predicted molar refractivity (Wildman–Crippen MR) is 62.6 cm³/mol. The number of hydrogen-bond acceptors (Lipinski definition) is 3. The van der Waals surface area contributed by atoms with Gasteiger partial charge in [0.15, 0.2) is 5.58 Å². The Morgan fingerprint density at radius 2 is 2.20 bits per heavy atom. The average Bonchev–Trinajstić information content (AvgIpc) is 2.59. The summed E-state index contributed by atoms with van der Waals surface area (Å²) in [5, 5.41) is 4.37. The summed E-state index contributed by atoms with van der Waals surface area (Å²) in [4.78, 5) is 0. The summed E-state index contributed by atoms with van der Waals surface area (Å²) in [6.07, 6.45) is 0. The van der Waals surface area contributed by atoms with E-state index in [-0.39, 0.29) is 0 Å². The van der Waals surface area contributed by atoms with Gasteiger partial charge in [-0.2, -0.15) is 0 Å². The molecule has 0 bridgehead atoms. The van der Waals surface area contributed by atoms with Gasteiger partial charge < -0.3 is 15.5 Å². The fourth-order valence-corrected chi connectivity index (χ4v) is 1.53. The molecule has 80 valence electrons. The molecule has 1 aromatic heterocycles. The van der Waals surface area contributed by atoms with Crippen LogP contribution in [0.5, 0.6) is 0 Å². The predicted octanol–water partition coefficient (Wildman–Crippen LogP) is 2.51. The van der Waals surface area contributed by atoms with Gasteiger partial charge in [-0.15, -0.1) is 0 Å². The number of fused-ring (bicyclic) bond motifs is 1. The second-order valence-corrected chi connectivity index (χ2v) is 4.01. The van der Waals surface area contributed by atoms with Crippen LogP contribution in [0, 0.1) is 0 Å². The SMILES string of the molecule is CC(C)NCc1cc2cccc(N)c2o1. The molecule has 0 radical (unpaired) electrons. The van der Waals surface area contributed by atoms with Crippen molar-refractivity contribution >= 4 is 16.7 Å². The first kappa shape index (κ1) is 10.1. The molecule has 2 rings (SSSR count). The lowest BCUT2D eigenvalue weighted by Crippen LogP contribution is -2.21. The Kier molecular flexibility index (Phi) is 2.64. The number of furan rings is 1. The highest BCUT2D eigenvalue weighted by molar-refractivity contribution is 5.88. The van der Waals surface area contributed by atoms with Crippen LogP contribution >= 0.6 is 0 Å². The molecule has 15 heavy (non-hydrogen) atoms. The topological polar surface area (TPSA) is 51.2 Å². The molecular weight excluding hydrogens is 188 g/mol. The minimum Gasteiger partial charge on any atom is -0.458 e. The highest BCUT2D eigenvalue weighted by Gasteiger charge is 2.05. The van der Waals surface area contributed by atoms with Gasteiger partial charge in [0, 0.05) is 11.4 Å². The Morgan fingerprint density at radius 3 is 2.87 bits per heavy atom. The number of nitrogens with one attached hydrogen (secondary N) is 1. The lowest BCUT2D eigenvalue weighted by atomic mass is 10.2. The van der Waals surface area contributed by atoms with Crippen LogP contribution in [0.2, 0.25) is 0 Å². The van der Waals surface area contributed by atoms with Gasteiger partial charge in [0.25, 0.3) is 0 Å². The summed E-state index contributed by atoms with van der Waals surface area (Å²) in [6, 6.07) is 8.28. The Hall–Kier alpha value is -1.48. The summed E-state index contributed by atoms with van der Waals surface area (Å²) >= 11 is 0. The number of anilines is 1. The van der Waals surface area contributed by atoms with E-state index in [9.17, 15) is 0 Å². The largest absolute Gasteiger partial charge is 0.458 e. The number of hydrogen-bond donors (Lipinski definition) is 2. The number of para-hydroxylation sites is 1. The summed E-state index contributed by atoms with van der Waals surface area (Å²) in [5.74, 6) is 0.927. The second kappa shape index (κ2) is 3.95. The van der Waals surface area contributed by atoms with E-state index < -0.39 is 0 Å². The van der Waals surface area contributed by atoms with Gasteiger partial charge in [-0.25, -0.2) is 0 Å². The molecule has 0 atom stereocenters. The molecule has 2 aromatic rings. The normalized spacial score (nSPS) is 11.4. The van der Waals surface area contributed by atoms with E-state index in [1.807, 2.05) is 24.3 Å². The van der Waals surface area contributed by atoms with Gasteiger partial charge in [0.05, 0.1) is 12.2 Å². The minimum absolute atomic E-state index is 0.454. The molecular formula is C12H16N2O. The zero-order chi connectivity index (χ0) is 10.8. The Labute approximate surface area is 89.3 Å². The molecule has 3 nitrogen and oxygen atoms in total. The standard InChI is InChI=1S/C12H16N2O/c1-8(2)14-7-10-6-9-4-3-5-11(13)12(9)15-10/h3-6,8,14H,7,13H2,1-2H3. The average molecular weight is 204 g/mol. The van der Waals surface area contributed by atoms with Crippen LogP contribution in [-0.4, -0.2) is 6.04 Å². The molecule has 0 aliphatic rings. The lowest BCUT2D eigenvalue weighted by molar-refractivity contribution is 0.489. The van der Waals surface area contributed by atoms with Crippen LogP contribution in [0.4, 0.5) is 5.69 Å². The first-order chi connectivity index (χ1) is 7.16. The van der Waals surface area contributed by atoms with Crippen LogP contribution in [0.25, 0.3) is 11.0 Å². The Balaban J connectivity index is 2.27. The maximum atomic E-state index is 5.81. The van der Waals surface area contributed by atoms with Crippen molar-refractivity contribution in [2.75, 3.05) is 5.73 Å². The molecule has 3 heteroatoms. The highest BCUT2D eigenvalue weighted by atomic mass is 16.3. The molecule has 1 aromatic carbocycles. The van der Waals surface area contributed by atoms with Gasteiger partial charge in [0.1, 0.15) is 5.76 Å². The molecule has 0 amide bonds. The van der Waals surface area contributed by atoms with E-state index in [1.54, 1.807) is 0 Å². The monoisotopic (exact) mass is 204 g/mol. The lowest BCUT2D eigenvalue weighted by Gasteiger charge is -2.04. The van der Waals surface area contributed by atoms with E-state index in [0.29, 0.717) is 11.7 Å². The molecule has 0 aliphatic carbocycles. The van der Waals surface area contributed by atoms with Crippen LogP contribution in [0.1, 0.15) is 19.6 Å². The summed E-state index contributed by atoms with van der Waals surface area (Å²) in [7, 11) is 0. The van der Waals surface area contributed by atoms with Crippen molar-refractivity contribution in [2.24, 2.45) is 0 Å². The molecule has 0 aliphatic heterocycles. The van der Waals surface area contributed by atoms with Crippen LogP contribution in [-0.2, 0) is 6.54 Å². The van der Waals surface area contributed by atoms with Gasteiger partial charge in [0.2, 0.25) is 0 Å². The minimum atomic E-state index is 0.454. The molecule has 0 saturated heterocycles. The van der Waals surface area contributed by atoms with Crippen molar-refractivity contribution in [3.05, 3.63) is 30.0 Å². The molecule has 0 saturated carbocycles. The first-order valence-corrected chi connectivity index (χ1v) is 5.17. The van der Waals surface area contributed by atoms with E-state index >= 15 is 0 Å². The molecule has 1 heterocycles. The van der Waals surface area contributed by atoms with E-state index in [4.69, 9.17) is 10.2 Å². The van der Waals surface area contributed by atoms with Crippen molar-refractivity contribution < 1.29 is 4.42 Å². The third-order valence-electron chi connectivity index (χ3n) is 2.31. The van der Waals surface area contributed by atoms with Crippen LogP contribution in [0.3, 0.4) is 0 Å². The number of rotatable bonds is 3. The molecule has 0 unspecified atom stereocenters. The van der Waals surface area contributed by atoms with Crippen molar-refractivity contribution in [3.63, 3.8) is 0 Å². The Morgan fingerprint density at radius 1 is 1.40 bits per heavy atom. The highest BCUT2D eigenvalue weighted by Crippen LogP contribution is 2.24. The first-order valence-electron chi connectivity index (χ1n) is 5.17. The number of nitrogens with two attached hydrogens (primary N) is 1. The van der Waals surface area contributed by atoms with Crippen LogP contribution in [0.15, 0.2) is 28.7 Å². The van der Waals surface area contributed by atoms with Gasteiger partial charge in [-0.3, -0.25) is 0 Å². The van der Waals surface area contributed by atoms with E-state index in [1.165, 1.54) is 0 Å². The van der Waals surface area contributed by atoms with Gasteiger partial charge >= 0.3 is 0 Å². The maximum absolute atomic E-state index is 5.81. The second-order valence-electron chi connectivity index (χ2n) is 4.01. The fraction of sp³-hybridized carbons (Fsp3) is 0.333. The smallest absolute Gasteiger partial charge is 0.157 e. The Bertz CT molecular complexity index is 460. The fourth-order valence-electron chi connectivity index (χ4n) is 1.53. The van der Waals surface area contributed by atoms with Gasteiger partial charge in [-0.1, -0.05) is 26.0 Å². The summed E-state index contributed by atoms with van der Waals surface area (Å²) in [5.41, 5.74) is 7.30. The van der Waals surface area contributed by atoms with Crippen LogP contribution < -0.4 is 11.1 Å². The summed E-state index contributed by atoms with van der Waals surface area (Å²) < 4.78 is 5.66. The number of nitrogen functional groups attached to an aromatic ring is 1.